The lowest BCUT2D eigenvalue weighted by atomic mass is 9.99. The van der Waals surface area contributed by atoms with Crippen molar-refractivity contribution in [3.05, 3.63) is 58.0 Å². The monoisotopic (exact) mass is 368 g/mol. The lowest BCUT2D eigenvalue weighted by Gasteiger charge is -2.30. The molecule has 1 fully saturated rings. The van der Waals surface area contributed by atoms with Crippen LogP contribution < -0.4 is 10.7 Å². The molecule has 3 rings (SSSR count). The lowest BCUT2D eigenvalue weighted by Crippen LogP contribution is -2.36. The Morgan fingerprint density at radius 1 is 1.22 bits per heavy atom. The smallest absolute Gasteiger partial charge is 0.275 e. The highest BCUT2D eigenvalue weighted by atomic mass is 16.2. The standard InChI is InChI=1S/C21H28N4O2/c1-16-9-13-24(14-10-16)12-6-11-22-21(27)20-19(26)15-17(2)25(23-20)18-7-4-3-5-8-18/h3-5,7-8,15-16H,6,9-14H2,1-2H3,(H,22,27). The van der Waals surface area contributed by atoms with E-state index in [2.05, 4.69) is 22.2 Å². The number of para-hydroxylation sites is 1. The Morgan fingerprint density at radius 3 is 2.63 bits per heavy atom. The maximum Gasteiger partial charge on any atom is 0.275 e. The molecule has 1 saturated heterocycles. The molecule has 1 aromatic heterocycles. The molecule has 27 heavy (non-hydrogen) atoms. The molecular formula is C21H28N4O2. The van der Waals surface area contributed by atoms with Gasteiger partial charge in [-0.1, -0.05) is 25.1 Å². The Kier molecular flexibility index (Phi) is 6.40. The normalized spacial score (nSPS) is 15.6. The first-order valence-electron chi connectivity index (χ1n) is 9.71. The van der Waals surface area contributed by atoms with Crippen LogP contribution in [0.4, 0.5) is 0 Å². The summed E-state index contributed by atoms with van der Waals surface area (Å²) in [5, 5.41) is 7.15. The number of nitrogens with one attached hydrogen (secondary N) is 1. The van der Waals surface area contributed by atoms with E-state index in [1.165, 1.54) is 18.9 Å². The summed E-state index contributed by atoms with van der Waals surface area (Å²) in [6.07, 6.45) is 3.37. The van der Waals surface area contributed by atoms with Gasteiger partial charge in [-0.3, -0.25) is 9.59 Å². The number of piperidine rings is 1. The number of benzene rings is 1. The number of hydrogen-bond donors (Lipinski definition) is 1. The number of carbonyl (C=O) groups excluding carboxylic acids is 1. The molecule has 1 aliphatic rings. The highest BCUT2D eigenvalue weighted by Crippen LogP contribution is 2.15. The maximum atomic E-state index is 12.5. The summed E-state index contributed by atoms with van der Waals surface area (Å²) in [5.41, 5.74) is 1.11. The zero-order valence-corrected chi connectivity index (χ0v) is 16.1. The maximum absolute atomic E-state index is 12.5. The van der Waals surface area contributed by atoms with Crippen molar-refractivity contribution in [1.82, 2.24) is 20.0 Å². The van der Waals surface area contributed by atoms with E-state index in [9.17, 15) is 9.59 Å². The fourth-order valence-electron chi connectivity index (χ4n) is 3.41. The van der Waals surface area contributed by atoms with Crippen molar-refractivity contribution in [1.29, 1.82) is 0 Å². The number of amides is 1. The van der Waals surface area contributed by atoms with E-state index >= 15 is 0 Å². The van der Waals surface area contributed by atoms with Gasteiger partial charge in [0.2, 0.25) is 5.43 Å². The molecule has 1 aromatic carbocycles. The third-order valence-corrected chi connectivity index (χ3v) is 5.14. The van der Waals surface area contributed by atoms with E-state index in [4.69, 9.17) is 0 Å². The molecule has 0 aliphatic carbocycles. The van der Waals surface area contributed by atoms with Gasteiger partial charge < -0.3 is 10.2 Å². The van der Waals surface area contributed by atoms with Crippen molar-refractivity contribution in [2.24, 2.45) is 5.92 Å². The predicted octanol–water partition coefficient (Wildman–Crippen LogP) is 2.39. The van der Waals surface area contributed by atoms with Crippen LogP contribution >= 0.6 is 0 Å². The van der Waals surface area contributed by atoms with Gasteiger partial charge in [-0.05, 0) is 63.9 Å². The number of nitrogens with zero attached hydrogens (tertiary/aromatic N) is 3. The molecule has 2 aromatic rings. The highest BCUT2D eigenvalue weighted by Gasteiger charge is 2.17. The van der Waals surface area contributed by atoms with E-state index in [-0.39, 0.29) is 11.1 Å². The summed E-state index contributed by atoms with van der Waals surface area (Å²) in [6, 6.07) is 11.0. The second-order valence-corrected chi connectivity index (χ2v) is 7.38. The topological polar surface area (TPSA) is 67.2 Å². The molecule has 1 aliphatic heterocycles. The number of rotatable bonds is 6. The summed E-state index contributed by atoms with van der Waals surface area (Å²) >= 11 is 0. The molecule has 0 bridgehead atoms. The average molecular weight is 368 g/mol. The van der Waals surface area contributed by atoms with Gasteiger partial charge in [-0.2, -0.15) is 5.10 Å². The Balaban J connectivity index is 1.59. The van der Waals surface area contributed by atoms with E-state index in [1.54, 1.807) is 4.68 Å². The summed E-state index contributed by atoms with van der Waals surface area (Å²) < 4.78 is 1.63. The predicted molar refractivity (Wildman–Crippen MR) is 106 cm³/mol. The van der Waals surface area contributed by atoms with E-state index < -0.39 is 5.91 Å². The molecule has 6 nitrogen and oxygen atoms in total. The average Bonchev–Trinajstić information content (AvgIpc) is 2.67. The Morgan fingerprint density at radius 2 is 1.93 bits per heavy atom. The first-order chi connectivity index (χ1) is 13.0. The summed E-state index contributed by atoms with van der Waals surface area (Å²) in [7, 11) is 0. The molecule has 0 unspecified atom stereocenters. The van der Waals surface area contributed by atoms with Gasteiger partial charge in [-0.15, -0.1) is 0 Å². The number of hydrogen-bond acceptors (Lipinski definition) is 4. The van der Waals surface area contributed by atoms with Gasteiger partial charge in [0, 0.05) is 18.3 Å². The highest BCUT2D eigenvalue weighted by molar-refractivity contribution is 5.92. The summed E-state index contributed by atoms with van der Waals surface area (Å²) in [6.45, 7) is 7.90. The molecule has 0 atom stereocenters. The van der Waals surface area contributed by atoms with E-state index in [0.29, 0.717) is 12.2 Å². The van der Waals surface area contributed by atoms with Crippen LogP contribution in [0.2, 0.25) is 0 Å². The van der Waals surface area contributed by atoms with Crippen LogP contribution in [0, 0.1) is 12.8 Å². The molecule has 1 amide bonds. The Bertz CT molecular complexity index is 824. The lowest BCUT2D eigenvalue weighted by molar-refractivity contribution is 0.0942. The molecule has 2 heterocycles. The van der Waals surface area contributed by atoms with Crippen LogP contribution in [-0.4, -0.2) is 46.8 Å². The number of aromatic nitrogens is 2. The van der Waals surface area contributed by atoms with Gasteiger partial charge in [0.25, 0.3) is 5.91 Å². The van der Waals surface area contributed by atoms with Crippen molar-refractivity contribution in [2.75, 3.05) is 26.2 Å². The zero-order chi connectivity index (χ0) is 19.2. The summed E-state index contributed by atoms with van der Waals surface area (Å²) in [4.78, 5) is 27.1. The van der Waals surface area contributed by atoms with E-state index in [1.807, 2.05) is 37.3 Å². The largest absolute Gasteiger partial charge is 0.350 e. The first kappa shape index (κ1) is 19.3. The van der Waals surface area contributed by atoms with Crippen LogP contribution in [0.25, 0.3) is 5.69 Å². The van der Waals surface area contributed by atoms with Crippen LogP contribution in [0.5, 0.6) is 0 Å². The number of carbonyl (C=O) groups is 1. The SMILES string of the molecule is Cc1cc(=O)c(C(=O)NCCCN2CCC(C)CC2)nn1-c1ccccc1. The summed E-state index contributed by atoms with van der Waals surface area (Å²) in [5.74, 6) is 0.414. The van der Waals surface area contributed by atoms with Gasteiger partial charge in [-0.25, -0.2) is 4.68 Å². The van der Waals surface area contributed by atoms with Crippen LogP contribution in [0.15, 0.2) is 41.2 Å². The van der Waals surface area contributed by atoms with Crippen molar-refractivity contribution < 1.29 is 4.79 Å². The van der Waals surface area contributed by atoms with Crippen LogP contribution in [-0.2, 0) is 0 Å². The fourth-order valence-corrected chi connectivity index (χ4v) is 3.41. The van der Waals surface area contributed by atoms with Crippen molar-refractivity contribution in [3.63, 3.8) is 0 Å². The second-order valence-electron chi connectivity index (χ2n) is 7.38. The first-order valence-corrected chi connectivity index (χ1v) is 9.71. The third kappa shape index (κ3) is 5.04. The minimum absolute atomic E-state index is 0.0590. The number of likely N-dealkylation sites (tertiary alicyclic amines) is 1. The molecule has 6 heteroatoms. The van der Waals surface area contributed by atoms with Crippen molar-refractivity contribution in [2.45, 2.75) is 33.1 Å². The van der Waals surface area contributed by atoms with Gasteiger partial charge in [0.15, 0.2) is 5.69 Å². The quantitative estimate of drug-likeness (QED) is 0.795. The van der Waals surface area contributed by atoms with Gasteiger partial charge in [0.05, 0.1) is 5.69 Å². The molecule has 0 saturated carbocycles. The number of aryl methyl sites for hydroxylation is 1. The van der Waals surface area contributed by atoms with Gasteiger partial charge in [0.1, 0.15) is 0 Å². The fraction of sp³-hybridized carbons (Fsp3) is 0.476. The van der Waals surface area contributed by atoms with Crippen LogP contribution in [0.1, 0.15) is 42.4 Å². The minimum Gasteiger partial charge on any atom is -0.350 e. The van der Waals surface area contributed by atoms with Crippen molar-refractivity contribution >= 4 is 5.91 Å². The van der Waals surface area contributed by atoms with Crippen LogP contribution in [0.3, 0.4) is 0 Å². The Hall–Kier alpha value is -2.47. The van der Waals surface area contributed by atoms with Crippen molar-refractivity contribution in [3.8, 4) is 5.69 Å². The molecular weight excluding hydrogens is 340 g/mol. The molecule has 1 N–H and O–H groups in total. The second kappa shape index (κ2) is 8.95. The molecule has 0 spiro atoms. The molecule has 144 valence electrons. The van der Waals surface area contributed by atoms with Gasteiger partial charge >= 0.3 is 0 Å². The van der Waals surface area contributed by atoms with E-state index in [0.717, 1.165) is 37.7 Å². The minimum atomic E-state index is -0.406. The Labute approximate surface area is 160 Å². The third-order valence-electron chi connectivity index (χ3n) is 5.14. The molecule has 0 radical (unpaired) electrons. The zero-order valence-electron chi connectivity index (χ0n) is 16.1.